The predicted molar refractivity (Wildman–Crippen MR) is 79.5 cm³/mol. The zero-order valence-corrected chi connectivity index (χ0v) is 14.6. The summed E-state index contributed by atoms with van der Waals surface area (Å²) in [7, 11) is 1.46. The summed E-state index contributed by atoms with van der Waals surface area (Å²) in [6.07, 6.45) is 0. The average Bonchev–Trinajstić information content (AvgIpc) is 2.08. The van der Waals surface area contributed by atoms with Gasteiger partial charge in [0, 0.05) is 19.8 Å². The Hall–Kier alpha value is -0.346. The first-order valence-corrected chi connectivity index (χ1v) is 8.59. The molecule has 86 valence electrons. The van der Waals surface area contributed by atoms with E-state index in [2.05, 4.69) is 58.9 Å². The molecule has 0 atom stereocenters. The maximum atomic E-state index is 2.33. The number of hydrogen-bond acceptors (Lipinski definition) is 0. The van der Waals surface area contributed by atoms with Crippen molar-refractivity contribution in [1.29, 1.82) is 0 Å². The molecule has 1 aromatic rings. The first-order valence-electron chi connectivity index (χ1n) is 5.95. The normalized spacial score (nSPS) is 10.3. The first-order chi connectivity index (χ1) is 6.93. The molecule has 0 saturated carbocycles. The van der Waals surface area contributed by atoms with Gasteiger partial charge in [-0.1, -0.05) is 73.8 Å². The van der Waals surface area contributed by atoms with Crippen LogP contribution in [0.1, 0.15) is 33.3 Å². The van der Waals surface area contributed by atoms with E-state index in [0.717, 1.165) is 11.1 Å². The molecule has 0 aliphatic rings. The quantitative estimate of drug-likeness (QED) is 0.689. The fraction of sp³-hybridized carbons (Fsp3) is 0.538. The highest BCUT2D eigenvalue weighted by molar-refractivity contribution is 6.38. The fourth-order valence-electron chi connectivity index (χ4n) is 1.61. The lowest BCUT2D eigenvalue weighted by atomic mass is 10.2. The third-order valence-electron chi connectivity index (χ3n) is 2.37. The van der Waals surface area contributed by atoms with Gasteiger partial charge in [0.15, 0.2) is 0 Å². The van der Waals surface area contributed by atoms with E-state index in [4.69, 9.17) is 0 Å². The van der Waals surface area contributed by atoms with Crippen LogP contribution in [-0.2, 0) is 0 Å². The Morgan fingerprint density at radius 1 is 1.00 bits per heavy atom. The highest BCUT2D eigenvalue weighted by atomic mass is 28.2. The number of aryl methyl sites for hydroxylation is 1. The minimum absolute atomic E-state index is 0.281. The van der Waals surface area contributed by atoms with Crippen LogP contribution in [0.3, 0.4) is 0 Å². The lowest BCUT2D eigenvalue weighted by molar-refractivity contribution is 0.971. The van der Waals surface area contributed by atoms with Gasteiger partial charge in [-0.25, -0.2) is 0 Å². The van der Waals surface area contributed by atoms with Crippen molar-refractivity contribution in [3.8, 4) is 0 Å². The molecule has 0 heterocycles. The third-order valence-corrected chi connectivity index (χ3v) is 5.38. The Kier molecular flexibility index (Phi) is 7.70. The second-order valence-electron chi connectivity index (χ2n) is 5.11. The second kappa shape index (κ2) is 7.88. The smallest absolute Gasteiger partial charge is 0.0388 e. The Balaban J connectivity index is 0.000000265. The van der Waals surface area contributed by atoms with Gasteiger partial charge in [0.25, 0.3) is 0 Å². The SMILES string of the molecule is CC(C)[SiH2]C(C)C.Cc1ccccc1[SiH3]. The molecule has 0 N–H and O–H groups in total. The average molecular weight is 239 g/mol. The van der Waals surface area contributed by atoms with Crippen molar-refractivity contribution in [3.63, 3.8) is 0 Å². The summed E-state index contributed by atoms with van der Waals surface area (Å²) in [6.45, 7) is 11.5. The minimum Gasteiger partial charge on any atom is -0.0679 e. The molecule has 0 aliphatic heterocycles. The van der Waals surface area contributed by atoms with Crippen LogP contribution in [0.2, 0.25) is 11.1 Å². The Labute approximate surface area is 101 Å². The molecule has 0 fully saturated rings. The van der Waals surface area contributed by atoms with Crippen molar-refractivity contribution in [3.05, 3.63) is 29.8 Å². The standard InChI is InChI=1S/C7H10Si.C6H16Si/c1-6-4-2-3-5-7(6)8;1-5(2)7-6(3)4/h2-5H,1,8H3;5-6H,7H2,1-4H3. The summed E-state index contributed by atoms with van der Waals surface area (Å²) in [5, 5.41) is 1.51. The van der Waals surface area contributed by atoms with E-state index in [1.165, 1.54) is 21.0 Å². The van der Waals surface area contributed by atoms with Gasteiger partial charge in [-0.05, 0) is 6.92 Å². The summed E-state index contributed by atoms with van der Waals surface area (Å²) >= 11 is 0. The molecular weight excluding hydrogens is 212 g/mol. The van der Waals surface area contributed by atoms with Crippen LogP contribution in [0.15, 0.2) is 24.3 Å². The van der Waals surface area contributed by atoms with Crippen LogP contribution in [0.5, 0.6) is 0 Å². The van der Waals surface area contributed by atoms with E-state index in [-0.39, 0.29) is 9.52 Å². The summed E-state index contributed by atoms with van der Waals surface area (Å²) in [6, 6.07) is 8.51. The van der Waals surface area contributed by atoms with Crippen molar-refractivity contribution in [2.24, 2.45) is 0 Å². The highest BCUT2D eigenvalue weighted by Gasteiger charge is 1.97. The molecule has 0 aliphatic carbocycles. The molecular formula is C13H26Si2. The van der Waals surface area contributed by atoms with Crippen LogP contribution in [-0.4, -0.2) is 19.8 Å². The van der Waals surface area contributed by atoms with Crippen LogP contribution in [0, 0.1) is 6.92 Å². The van der Waals surface area contributed by atoms with E-state index in [1.807, 2.05) is 0 Å². The van der Waals surface area contributed by atoms with E-state index in [0.29, 0.717) is 0 Å². The van der Waals surface area contributed by atoms with Crippen LogP contribution >= 0.6 is 0 Å². The van der Waals surface area contributed by atoms with Gasteiger partial charge in [0.2, 0.25) is 0 Å². The van der Waals surface area contributed by atoms with E-state index in [9.17, 15) is 0 Å². The lowest BCUT2D eigenvalue weighted by Crippen LogP contribution is -2.04. The van der Waals surface area contributed by atoms with Crippen molar-refractivity contribution in [1.82, 2.24) is 0 Å². The fourth-order valence-corrected chi connectivity index (χ4v) is 3.85. The molecule has 0 saturated heterocycles. The van der Waals surface area contributed by atoms with Crippen LogP contribution in [0.4, 0.5) is 0 Å². The molecule has 1 aromatic carbocycles. The highest BCUT2D eigenvalue weighted by Crippen LogP contribution is 2.07. The van der Waals surface area contributed by atoms with Gasteiger partial charge in [0.05, 0.1) is 0 Å². The van der Waals surface area contributed by atoms with Crippen LogP contribution < -0.4 is 5.19 Å². The van der Waals surface area contributed by atoms with E-state index >= 15 is 0 Å². The van der Waals surface area contributed by atoms with Crippen molar-refractivity contribution in [2.75, 3.05) is 0 Å². The topological polar surface area (TPSA) is 0 Å². The Morgan fingerprint density at radius 3 is 1.67 bits per heavy atom. The third kappa shape index (κ3) is 8.64. The molecule has 0 amide bonds. The van der Waals surface area contributed by atoms with E-state index in [1.54, 1.807) is 0 Å². The van der Waals surface area contributed by atoms with Gasteiger partial charge in [0.1, 0.15) is 0 Å². The Bertz CT molecular complexity index is 240. The maximum absolute atomic E-state index is 2.33. The molecule has 0 bridgehead atoms. The lowest BCUT2D eigenvalue weighted by Gasteiger charge is -2.04. The molecule has 1 rings (SSSR count). The Morgan fingerprint density at radius 2 is 1.47 bits per heavy atom. The molecule has 0 radical (unpaired) electrons. The molecule has 0 spiro atoms. The summed E-state index contributed by atoms with van der Waals surface area (Å²) in [4.78, 5) is 0. The summed E-state index contributed by atoms with van der Waals surface area (Å²) in [5.41, 5.74) is 3.46. The van der Waals surface area contributed by atoms with Crippen molar-refractivity contribution >= 4 is 24.9 Å². The minimum atomic E-state index is 0.281. The van der Waals surface area contributed by atoms with E-state index < -0.39 is 0 Å². The molecule has 2 heteroatoms. The van der Waals surface area contributed by atoms with Crippen LogP contribution in [0.25, 0.3) is 0 Å². The predicted octanol–water partition coefficient (Wildman–Crippen LogP) is 1.80. The van der Waals surface area contributed by atoms with Gasteiger partial charge in [-0.2, -0.15) is 0 Å². The van der Waals surface area contributed by atoms with Crippen molar-refractivity contribution in [2.45, 2.75) is 45.7 Å². The summed E-state index contributed by atoms with van der Waals surface area (Å²) in [5.74, 6) is 0. The maximum Gasteiger partial charge on any atom is 0.0388 e. The van der Waals surface area contributed by atoms with Gasteiger partial charge >= 0.3 is 0 Å². The molecule has 0 aromatic heterocycles. The molecule has 0 nitrogen and oxygen atoms in total. The summed E-state index contributed by atoms with van der Waals surface area (Å²) < 4.78 is 0. The van der Waals surface area contributed by atoms with Crippen molar-refractivity contribution < 1.29 is 0 Å². The monoisotopic (exact) mass is 238 g/mol. The molecule has 15 heavy (non-hydrogen) atoms. The van der Waals surface area contributed by atoms with Gasteiger partial charge in [-0.15, -0.1) is 0 Å². The zero-order valence-electron chi connectivity index (χ0n) is 11.2. The number of rotatable bonds is 2. The molecule has 0 unspecified atom stereocenters. The largest absolute Gasteiger partial charge is 0.0679 e. The first kappa shape index (κ1) is 14.7. The zero-order chi connectivity index (χ0) is 11.8. The second-order valence-corrected chi connectivity index (χ2v) is 9.92. The number of benzene rings is 1. The number of hydrogen-bond donors (Lipinski definition) is 0. The van der Waals surface area contributed by atoms with Gasteiger partial charge < -0.3 is 0 Å². The van der Waals surface area contributed by atoms with Gasteiger partial charge in [-0.3, -0.25) is 0 Å².